The molecule has 0 fully saturated rings. The Hall–Kier alpha value is -1.64. The molecule has 24 heavy (non-hydrogen) atoms. The first-order valence-corrected chi connectivity index (χ1v) is 8.71. The smallest absolute Gasteiger partial charge is 0.167 e. The van der Waals surface area contributed by atoms with Gasteiger partial charge in [0.05, 0.1) is 0 Å². The summed E-state index contributed by atoms with van der Waals surface area (Å²) in [6, 6.07) is 18.7. The van der Waals surface area contributed by atoms with E-state index in [4.69, 9.17) is 0 Å². The minimum absolute atomic E-state index is 0. The number of ketones is 1. The number of rotatable bonds is 7. The van der Waals surface area contributed by atoms with Gasteiger partial charge in [0.25, 0.3) is 0 Å². The van der Waals surface area contributed by atoms with Crippen molar-refractivity contribution in [2.45, 2.75) is 32.1 Å². The zero-order valence-corrected chi connectivity index (χ0v) is 14.9. The second-order valence-corrected chi connectivity index (χ2v) is 6.40. The van der Waals surface area contributed by atoms with E-state index in [2.05, 4.69) is 41.7 Å². The van der Waals surface area contributed by atoms with Gasteiger partial charge in [-0.2, -0.15) is 0 Å². The first-order valence-electron chi connectivity index (χ1n) is 8.71. The first-order chi connectivity index (χ1) is 11.3. The van der Waals surface area contributed by atoms with Crippen LogP contribution < -0.4 is 5.32 Å². The zero-order chi connectivity index (χ0) is 15.9. The van der Waals surface area contributed by atoms with E-state index in [-0.39, 0.29) is 18.3 Å². The number of unbranched alkanes of at least 4 members (excludes halogenated alkanes) is 1. The molecule has 1 N–H and O–H groups in total. The standard InChI is InChI=1S/C21H25NO.ClH/c23-21-19(14-13-18-11-4-5-12-20(18)21)16-22-15-7-6-10-17-8-2-1-3-9-17;/h1-5,8-9,11-12,19,22H,6-7,10,13-16H2;1H. The Morgan fingerprint density at radius 3 is 2.54 bits per heavy atom. The summed E-state index contributed by atoms with van der Waals surface area (Å²) in [7, 11) is 0. The number of halogens is 1. The summed E-state index contributed by atoms with van der Waals surface area (Å²) in [6.07, 6.45) is 5.50. The molecule has 0 saturated carbocycles. The number of hydrogen-bond acceptors (Lipinski definition) is 2. The largest absolute Gasteiger partial charge is 0.316 e. The van der Waals surface area contributed by atoms with Gasteiger partial charge in [-0.3, -0.25) is 4.79 Å². The Bertz CT molecular complexity index is 641. The Labute approximate surface area is 151 Å². The number of aryl methyl sites for hydroxylation is 2. The highest BCUT2D eigenvalue weighted by Crippen LogP contribution is 2.24. The van der Waals surface area contributed by atoms with Crippen LogP contribution in [0.3, 0.4) is 0 Å². The lowest BCUT2D eigenvalue weighted by Gasteiger charge is -2.23. The molecule has 0 spiro atoms. The summed E-state index contributed by atoms with van der Waals surface area (Å²) in [4.78, 5) is 12.5. The molecule has 2 nitrogen and oxygen atoms in total. The van der Waals surface area contributed by atoms with Gasteiger partial charge in [-0.25, -0.2) is 0 Å². The van der Waals surface area contributed by atoms with E-state index in [1.807, 2.05) is 18.2 Å². The summed E-state index contributed by atoms with van der Waals surface area (Å²) in [5.41, 5.74) is 3.57. The van der Waals surface area contributed by atoms with Crippen molar-refractivity contribution in [3.63, 3.8) is 0 Å². The predicted molar refractivity (Wildman–Crippen MR) is 102 cm³/mol. The highest BCUT2D eigenvalue weighted by Gasteiger charge is 2.26. The van der Waals surface area contributed by atoms with Crippen molar-refractivity contribution in [2.24, 2.45) is 5.92 Å². The van der Waals surface area contributed by atoms with Gasteiger partial charge in [-0.05, 0) is 49.8 Å². The molecule has 2 aromatic carbocycles. The van der Waals surface area contributed by atoms with Gasteiger partial charge in [0.2, 0.25) is 0 Å². The van der Waals surface area contributed by atoms with Crippen molar-refractivity contribution in [2.75, 3.05) is 13.1 Å². The second kappa shape index (κ2) is 9.61. The first kappa shape index (κ1) is 18.7. The molecule has 1 unspecified atom stereocenters. The Balaban J connectivity index is 0.00000208. The van der Waals surface area contributed by atoms with Gasteiger partial charge in [0.1, 0.15) is 0 Å². The summed E-state index contributed by atoms with van der Waals surface area (Å²) in [6.45, 7) is 1.82. The number of Topliss-reactive ketones (excluding diaryl/α,β-unsaturated/α-hetero) is 1. The molecule has 0 aliphatic heterocycles. The molecule has 1 atom stereocenters. The third-order valence-electron chi connectivity index (χ3n) is 4.72. The topological polar surface area (TPSA) is 29.1 Å². The molecule has 3 rings (SSSR count). The summed E-state index contributed by atoms with van der Waals surface area (Å²) < 4.78 is 0. The van der Waals surface area contributed by atoms with E-state index < -0.39 is 0 Å². The van der Waals surface area contributed by atoms with Gasteiger partial charge in [0.15, 0.2) is 5.78 Å². The van der Waals surface area contributed by atoms with Crippen LogP contribution in [0.5, 0.6) is 0 Å². The van der Waals surface area contributed by atoms with E-state index in [0.717, 1.165) is 44.3 Å². The summed E-state index contributed by atoms with van der Waals surface area (Å²) >= 11 is 0. The molecule has 128 valence electrons. The fourth-order valence-corrected chi connectivity index (χ4v) is 3.35. The van der Waals surface area contributed by atoms with Crippen LogP contribution in [0, 0.1) is 5.92 Å². The molecule has 0 saturated heterocycles. The van der Waals surface area contributed by atoms with Crippen molar-refractivity contribution < 1.29 is 4.79 Å². The highest BCUT2D eigenvalue weighted by atomic mass is 35.5. The quantitative estimate of drug-likeness (QED) is 0.752. The van der Waals surface area contributed by atoms with Crippen LogP contribution in [-0.4, -0.2) is 18.9 Å². The average molecular weight is 344 g/mol. The maximum absolute atomic E-state index is 12.5. The monoisotopic (exact) mass is 343 g/mol. The number of fused-ring (bicyclic) bond motifs is 1. The number of nitrogens with one attached hydrogen (secondary N) is 1. The Kier molecular flexibility index (Phi) is 7.48. The third-order valence-corrected chi connectivity index (χ3v) is 4.72. The van der Waals surface area contributed by atoms with E-state index in [0.29, 0.717) is 5.78 Å². The highest BCUT2D eigenvalue weighted by molar-refractivity contribution is 6.00. The fraction of sp³-hybridized carbons (Fsp3) is 0.381. The van der Waals surface area contributed by atoms with E-state index in [1.165, 1.54) is 17.5 Å². The molecule has 3 heteroatoms. The third kappa shape index (κ3) is 4.93. The molecule has 0 amide bonds. The molecule has 0 bridgehead atoms. The van der Waals surface area contributed by atoms with Crippen molar-refractivity contribution >= 4 is 18.2 Å². The normalized spacial score (nSPS) is 16.3. The summed E-state index contributed by atoms with van der Waals surface area (Å²) in [5.74, 6) is 0.475. The maximum Gasteiger partial charge on any atom is 0.167 e. The minimum atomic E-state index is 0. The predicted octanol–water partition coefficient (Wildman–Crippen LogP) is 4.47. The lowest BCUT2D eigenvalue weighted by molar-refractivity contribution is 0.0901. The lowest BCUT2D eigenvalue weighted by atomic mass is 9.83. The number of carbonyl (C=O) groups excluding carboxylic acids is 1. The molecule has 0 radical (unpaired) electrons. The van der Waals surface area contributed by atoms with Gasteiger partial charge >= 0.3 is 0 Å². The number of benzene rings is 2. The average Bonchev–Trinajstić information content (AvgIpc) is 2.61. The molecule has 1 aliphatic carbocycles. The molecule has 2 aromatic rings. The van der Waals surface area contributed by atoms with Crippen LogP contribution in [0.15, 0.2) is 54.6 Å². The van der Waals surface area contributed by atoms with Gasteiger partial charge in [-0.1, -0.05) is 54.6 Å². The van der Waals surface area contributed by atoms with Crippen LogP contribution in [0.1, 0.15) is 40.7 Å². The van der Waals surface area contributed by atoms with Crippen LogP contribution in [-0.2, 0) is 12.8 Å². The zero-order valence-electron chi connectivity index (χ0n) is 14.0. The van der Waals surface area contributed by atoms with Crippen molar-refractivity contribution in [3.8, 4) is 0 Å². The SMILES string of the molecule is Cl.O=C1c2ccccc2CCC1CNCCCCc1ccccc1. The number of carbonyl (C=O) groups is 1. The maximum atomic E-state index is 12.5. The van der Waals surface area contributed by atoms with Crippen LogP contribution >= 0.6 is 12.4 Å². The van der Waals surface area contributed by atoms with Crippen molar-refractivity contribution in [3.05, 3.63) is 71.3 Å². The van der Waals surface area contributed by atoms with Crippen LogP contribution in [0.25, 0.3) is 0 Å². The van der Waals surface area contributed by atoms with Crippen LogP contribution in [0.2, 0.25) is 0 Å². The van der Waals surface area contributed by atoms with Crippen molar-refractivity contribution in [1.29, 1.82) is 0 Å². The lowest BCUT2D eigenvalue weighted by Crippen LogP contribution is -2.32. The molecular weight excluding hydrogens is 318 g/mol. The summed E-state index contributed by atoms with van der Waals surface area (Å²) in [5, 5.41) is 3.48. The number of hydrogen-bond donors (Lipinski definition) is 1. The van der Waals surface area contributed by atoms with E-state index in [1.54, 1.807) is 0 Å². The van der Waals surface area contributed by atoms with Gasteiger partial charge in [-0.15, -0.1) is 12.4 Å². The van der Waals surface area contributed by atoms with E-state index in [9.17, 15) is 4.79 Å². The Morgan fingerprint density at radius 2 is 1.71 bits per heavy atom. The van der Waals surface area contributed by atoms with E-state index >= 15 is 0 Å². The van der Waals surface area contributed by atoms with Gasteiger partial charge in [0, 0.05) is 18.0 Å². The molecule has 0 aromatic heterocycles. The Morgan fingerprint density at radius 1 is 0.958 bits per heavy atom. The molecule has 0 heterocycles. The van der Waals surface area contributed by atoms with Crippen molar-refractivity contribution in [1.82, 2.24) is 5.32 Å². The second-order valence-electron chi connectivity index (χ2n) is 6.40. The van der Waals surface area contributed by atoms with Gasteiger partial charge < -0.3 is 5.32 Å². The minimum Gasteiger partial charge on any atom is -0.316 e. The molecule has 1 aliphatic rings. The van der Waals surface area contributed by atoms with Crippen LogP contribution in [0.4, 0.5) is 0 Å². The molecular formula is C21H26ClNO. The fourth-order valence-electron chi connectivity index (χ4n) is 3.35.